The van der Waals surface area contributed by atoms with Gasteiger partial charge in [0.1, 0.15) is 11.4 Å². The Kier molecular flexibility index (Phi) is 6.43. The van der Waals surface area contributed by atoms with Crippen LogP contribution >= 0.6 is 11.8 Å². The Hall–Kier alpha value is -2.65. The number of rotatable bonds is 8. The van der Waals surface area contributed by atoms with E-state index >= 15 is 0 Å². The molecule has 31 heavy (non-hydrogen) atoms. The maximum atomic E-state index is 13.0. The molecule has 0 unspecified atom stereocenters. The lowest BCUT2D eigenvalue weighted by atomic mass is 10.2. The summed E-state index contributed by atoms with van der Waals surface area (Å²) in [4.78, 5) is 13.0. The van der Waals surface area contributed by atoms with Crippen LogP contribution in [0.3, 0.4) is 0 Å². The Morgan fingerprint density at radius 2 is 2.13 bits per heavy atom. The van der Waals surface area contributed by atoms with Gasteiger partial charge in [0.2, 0.25) is 5.16 Å². The lowest BCUT2D eigenvalue weighted by molar-refractivity contribution is 0.0957. The summed E-state index contributed by atoms with van der Waals surface area (Å²) in [7, 11) is 1.61. The van der Waals surface area contributed by atoms with Crippen molar-refractivity contribution >= 4 is 17.5 Å². The average Bonchev–Trinajstić information content (AvgIpc) is 3.50. The van der Waals surface area contributed by atoms with Crippen molar-refractivity contribution in [1.29, 1.82) is 0 Å². The van der Waals surface area contributed by atoms with Crippen molar-refractivity contribution in [2.24, 2.45) is 0 Å². The van der Waals surface area contributed by atoms with Crippen LogP contribution in [0.5, 0.6) is 5.75 Å². The molecule has 1 aliphatic rings. The van der Waals surface area contributed by atoms with Crippen LogP contribution in [0.1, 0.15) is 40.2 Å². The van der Waals surface area contributed by atoms with Crippen LogP contribution in [0, 0.1) is 20.8 Å². The fourth-order valence-corrected chi connectivity index (χ4v) is 4.72. The Balaban J connectivity index is 1.50. The van der Waals surface area contributed by atoms with Gasteiger partial charge < -0.3 is 14.0 Å². The van der Waals surface area contributed by atoms with Gasteiger partial charge in [-0.1, -0.05) is 17.8 Å². The van der Waals surface area contributed by atoms with E-state index in [0.29, 0.717) is 10.9 Å². The number of Topliss-reactive ketones (excluding diaryl/α,β-unsaturated/α-hetero) is 1. The minimum absolute atomic E-state index is 0.0578. The number of thioether (sulfide) groups is 1. The van der Waals surface area contributed by atoms with Crippen LogP contribution in [0.25, 0.3) is 5.69 Å². The number of nitrogens with zero attached hydrogens (tertiary/aromatic N) is 5. The van der Waals surface area contributed by atoms with Crippen molar-refractivity contribution < 1.29 is 14.3 Å². The molecule has 2 aromatic heterocycles. The minimum atomic E-state index is 0.0578. The van der Waals surface area contributed by atoms with Gasteiger partial charge in [-0.2, -0.15) is 4.68 Å². The molecule has 3 aromatic rings. The number of ether oxygens (including phenoxy) is 2. The van der Waals surface area contributed by atoms with Crippen LogP contribution in [0.4, 0.5) is 0 Å². The standard InChI is InChI=1S/C22H27N5O3S/c1-14-7-8-21(29-4)19(10-14)27-22(23-24-25-27)31-13-20(28)18-11-15(2)26(16(18)3)12-17-6-5-9-30-17/h7-8,10-11,17H,5-6,9,12-13H2,1-4H3/t17-/m1/s1. The zero-order chi connectivity index (χ0) is 22.0. The predicted octanol–water partition coefficient (Wildman–Crippen LogP) is 3.55. The number of benzene rings is 1. The van der Waals surface area contributed by atoms with Gasteiger partial charge in [-0.3, -0.25) is 4.79 Å². The van der Waals surface area contributed by atoms with Crippen molar-refractivity contribution in [3.63, 3.8) is 0 Å². The normalized spacial score (nSPS) is 16.1. The number of aromatic nitrogens is 5. The molecule has 1 aliphatic heterocycles. The van der Waals surface area contributed by atoms with Crippen LogP contribution in [0.15, 0.2) is 29.4 Å². The molecule has 9 heteroatoms. The summed E-state index contributed by atoms with van der Waals surface area (Å²) in [6.45, 7) is 7.66. The molecular formula is C22H27N5O3S. The van der Waals surface area contributed by atoms with Gasteiger partial charge in [-0.15, -0.1) is 5.10 Å². The van der Waals surface area contributed by atoms with Crippen LogP contribution in [-0.2, 0) is 11.3 Å². The molecular weight excluding hydrogens is 414 g/mol. The quantitative estimate of drug-likeness (QED) is 0.390. The number of tetrazole rings is 1. The number of carbonyl (C=O) groups excluding carboxylic acids is 1. The lowest BCUT2D eigenvalue weighted by Crippen LogP contribution is -2.17. The number of methoxy groups -OCH3 is 1. The van der Waals surface area contributed by atoms with Crippen molar-refractivity contribution in [3.05, 3.63) is 46.8 Å². The smallest absolute Gasteiger partial charge is 0.214 e. The third kappa shape index (κ3) is 4.52. The summed E-state index contributed by atoms with van der Waals surface area (Å²) in [5, 5.41) is 12.6. The predicted molar refractivity (Wildman–Crippen MR) is 118 cm³/mol. The van der Waals surface area contributed by atoms with E-state index in [9.17, 15) is 4.79 Å². The molecule has 1 atom stereocenters. The molecule has 0 spiro atoms. The second-order valence-electron chi connectivity index (χ2n) is 7.79. The molecule has 0 saturated carbocycles. The highest BCUT2D eigenvalue weighted by Gasteiger charge is 2.22. The van der Waals surface area contributed by atoms with Gasteiger partial charge in [-0.25, -0.2) is 0 Å². The fourth-order valence-electron chi connectivity index (χ4n) is 3.95. The fraction of sp³-hybridized carbons (Fsp3) is 0.455. The van der Waals surface area contributed by atoms with E-state index in [4.69, 9.17) is 9.47 Å². The van der Waals surface area contributed by atoms with Gasteiger partial charge in [0, 0.05) is 30.1 Å². The van der Waals surface area contributed by atoms with Gasteiger partial charge in [-0.05, 0) is 67.8 Å². The van der Waals surface area contributed by atoms with Crippen LogP contribution < -0.4 is 4.74 Å². The second kappa shape index (κ2) is 9.23. The SMILES string of the molecule is COc1ccc(C)cc1-n1nnnc1SCC(=O)c1cc(C)n(C[C@H]2CCCO2)c1C. The Morgan fingerprint density at radius 1 is 1.29 bits per heavy atom. The molecule has 0 N–H and O–H groups in total. The zero-order valence-electron chi connectivity index (χ0n) is 18.3. The first-order chi connectivity index (χ1) is 15.0. The van der Waals surface area contributed by atoms with Crippen LogP contribution in [-0.4, -0.2) is 56.1 Å². The van der Waals surface area contributed by atoms with E-state index in [0.717, 1.165) is 54.2 Å². The van der Waals surface area contributed by atoms with E-state index in [1.54, 1.807) is 11.8 Å². The highest BCUT2D eigenvalue weighted by molar-refractivity contribution is 7.99. The lowest BCUT2D eigenvalue weighted by Gasteiger charge is -2.14. The summed E-state index contributed by atoms with van der Waals surface area (Å²) < 4.78 is 15.0. The maximum absolute atomic E-state index is 13.0. The number of hydrogen-bond acceptors (Lipinski definition) is 7. The number of aryl methyl sites for hydroxylation is 2. The molecule has 0 aliphatic carbocycles. The molecule has 4 rings (SSSR count). The average molecular weight is 442 g/mol. The maximum Gasteiger partial charge on any atom is 0.214 e. The minimum Gasteiger partial charge on any atom is -0.494 e. The van der Waals surface area contributed by atoms with Crippen LogP contribution in [0.2, 0.25) is 0 Å². The van der Waals surface area contributed by atoms with E-state index in [2.05, 4.69) is 20.1 Å². The second-order valence-corrected chi connectivity index (χ2v) is 8.73. The summed E-state index contributed by atoms with van der Waals surface area (Å²) in [6, 6.07) is 7.78. The monoisotopic (exact) mass is 441 g/mol. The number of ketones is 1. The first-order valence-electron chi connectivity index (χ1n) is 10.4. The third-order valence-corrected chi connectivity index (χ3v) is 6.54. The first kappa shape index (κ1) is 21.6. The topological polar surface area (TPSA) is 84.1 Å². The van der Waals surface area contributed by atoms with E-state index in [1.165, 1.54) is 11.8 Å². The Morgan fingerprint density at radius 3 is 2.87 bits per heavy atom. The molecule has 0 amide bonds. The van der Waals surface area contributed by atoms with Crippen molar-refractivity contribution in [3.8, 4) is 11.4 Å². The van der Waals surface area contributed by atoms with Crippen molar-refractivity contribution in [2.45, 2.75) is 51.4 Å². The molecule has 3 heterocycles. The van der Waals surface area contributed by atoms with Gasteiger partial charge in [0.25, 0.3) is 0 Å². The molecule has 8 nitrogen and oxygen atoms in total. The number of carbonyl (C=O) groups is 1. The van der Waals surface area contributed by atoms with Gasteiger partial charge in [0.15, 0.2) is 5.78 Å². The highest BCUT2D eigenvalue weighted by atomic mass is 32.2. The number of hydrogen-bond donors (Lipinski definition) is 0. The molecule has 1 aromatic carbocycles. The largest absolute Gasteiger partial charge is 0.494 e. The Labute approximate surface area is 185 Å². The van der Waals surface area contributed by atoms with Crippen molar-refractivity contribution in [2.75, 3.05) is 19.5 Å². The summed E-state index contributed by atoms with van der Waals surface area (Å²) in [5.41, 5.74) is 4.62. The molecule has 1 fully saturated rings. The summed E-state index contributed by atoms with van der Waals surface area (Å²) in [6.07, 6.45) is 2.41. The van der Waals surface area contributed by atoms with E-state index in [-0.39, 0.29) is 17.6 Å². The zero-order valence-corrected chi connectivity index (χ0v) is 19.1. The van der Waals surface area contributed by atoms with E-state index in [1.807, 2.05) is 45.0 Å². The van der Waals surface area contributed by atoms with Gasteiger partial charge >= 0.3 is 0 Å². The Bertz CT molecular complexity index is 1090. The molecule has 0 bridgehead atoms. The third-order valence-electron chi connectivity index (χ3n) is 5.62. The highest BCUT2D eigenvalue weighted by Crippen LogP contribution is 2.28. The van der Waals surface area contributed by atoms with E-state index < -0.39 is 0 Å². The van der Waals surface area contributed by atoms with Crippen molar-refractivity contribution in [1.82, 2.24) is 24.8 Å². The first-order valence-corrected chi connectivity index (χ1v) is 11.3. The molecule has 1 saturated heterocycles. The van der Waals surface area contributed by atoms with Gasteiger partial charge in [0.05, 0.1) is 19.0 Å². The summed E-state index contributed by atoms with van der Waals surface area (Å²) >= 11 is 1.32. The molecule has 0 radical (unpaired) electrons. The summed E-state index contributed by atoms with van der Waals surface area (Å²) in [5.74, 6) is 0.977. The molecule has 164 valence electrons.